The van der Waals surface area contributed by atoms with Crippen LogP contribution in [-0.4, -0.2) is 40.9 Å². The summed E-state index contributed by atoms with van der Waals surface area (Å²) >= 11 is 1.14. The van der Waals surface area contributed by atoms with E-state index in [4.69, 9.17) is 9.72 Å². The summed E-state index contributed by atoms with van der Waals surface area (Å²) in [4.78, 5) is 30.1. The molecule has 1 atom stereocenters. The molecule has 4 aromatic rings. The molecule has 7 nitrogen and oxygen atoms in total. The van der Waals surface area contributed by atoms with E-state index in [1.165, 1.54) is 19.2 Å². The SMILES string of the molecule is COC(=O)[C@H](Cc1ccc(O)cc1)NC(=O)CSc1nc(-c2ccccc2)cc(-c2ccc(C)cc2)c1C#N. The van der Waals surface area contributed by atoms with Gasteiger partial charge in [0.15, 0.2) is 0 Å². The minimum atomic E-state index is -0.908. The Morgan fingerprint density at radius 1 is 1.03 bits per heavy atom. The van der Waals surface area contributed by atoms with Crippen LogP contribution in [0.3, 0.4) is 0 Å². The first-order valence-electron chi connectivity index (χ1n) is 12.2. The molecular weight excluding hydrogens is 510 g/mol. The van der Waals surface area contributed by atoms with Gasteiger partial charge in [-0.3, -0.25) is 4.79 Å². The number of nitriles is 1. The highest BCUT2D eigenvalue weighted by molar-refractivity contribution is 8.00. The van der Waals surface area contributed by atoms with Crippen molar-refractivity contribution in [1.29, 1.82) is 5.26 Å². The monoisotopic (exact) mass is 537 g/mol. The fourth-order valence-corrected chi connectivity index (χ4v) is 4.84. The molecule has 1 heterocycles. The number of aromatic hydroxyl groups is 1. The Morgan fingerprint density at radius 3 is 2.36 bits per heavy atom. The normalized spacial score (nSPS) is 11.3. The summed E-state index contributed by atoms with van der Waals surface area (Å²) in [6.07, 6.45) is 0.201. The van der Waals surface area contributed by atoms with Crippen molar-refractivity contribution in [3.8, 4) is 34.2 Å². The van der Waals surface area contributed by atoms with Gasteiger partial charge in [-0.05, 0) is 36.2 Å². The van der Waals surface area contributed by atoms with E-state index in [1.807, 2.05) is 67.6 Å². The number of ether oxygens (including phenoxy) is 1. The Bertz CT molecular complexity index is 1500. The number of nitrogens with one attached hydrogen (secondary N) is 1. The van der Waals surface area contributed by atoms with Gasteiger partial charge in [-0.15, -0.1) is 0 Å². The van der Waals surface area contributed by atoms with Crippen molar-refractivity contribution in [2.75, 3.05) is 12.9 Å². The number of aromatic nitrogens is 1. The number of methoxy groups -OCH3 is 1. The van der Waals surface area contributed by atoms with Gasteiger partial charge in [-0.2, -0.15) is 5.26 Å². The summed E-state index contributed by atoms with van der Waals surface area (Å²) in [6, 6.07) is 27.2. The number of carbonyl (C=O) groups is 2. The lowest BCUT2D eigenvalue weighted by atomic mass is 9.98. The molecule has 4 rings (SSSR count). The number of esters is 1. The number of phenolic OH excluding ortho intramolecular Hbond substituents is 1. The molecule has 0 unspecified atom stereocenters. The van der Waals surface area contributed by atoms with Crippen molar-refractivity contribution in [3.63, 3.8) is 0 Å². The molecule has 2 N–H and O–H groups in total. The summed E-state index contributed by atoms with van der Waals surface area (Å²) in [6.45, 7) is 2.00. The van der Waals surface area contributed by atoms with Crippen LogP contribution in [0, 0.1) is 18.3 Å². The summed E-state index contributed by atoms with van der Waals surface area (Å²) in [7, 11) is 1.26. The first kappa shape index (κ1) is 27.4. The number of phenols is 1. The van der Waals surface area contributed by atoms with Gasteiger partial charge in [0.2, 0.25) is 5.91 Å². The van der Waals surface area contributed by atoms with Gasteiger partial charge in [0.1, 0.15) is 22.9 Å². The number of nitrogens with zero attached hydrogens (tertiary/aromatic N) is 2. The number of benzene rings is 3. The zero-order valence-electron chi connectivity index (χ0n) is 21.5. The fourth-order valence-electron chi connectivity index (χ4n) is 4.02. The average molecular weight is 538 g/mol. The number of thioether (sulfide) groups is 1. The van der Waals surface area contributed by atoms with Gasteiger partial charge in [-0.25, -0.2) is 9.78 Å². The second kappa shape index (κ2) is 12.8. The van der Waals surface area contributed by atoms with Crippen LogP contribution in [0.2, 0.25) is 0 Å². The minimum Gasteiger partial charge on any atom is -0.508 e. The molecule has 0 aliphatic heterocycles. The zero-order valence-corrected chi connectivity index (χ0v) is 22.4. The zero-order chi connectivity index (χ0) is 27.8. The number of hydrogen-bond acceptors (Lipinski definition) is 7. The van der Waals surface area contributed by atoms with Crippen LogP contribution in [0.1, 0.15) is 16.7 Å². The van der Waals surface area contributed by atoms with Gasteiger partial charge in [0, 0.05) is 17.5 Å². The topological polar surface area (TPSA) is 112 Å². The molecule has 0 aliphatic carbocycles. The number of hydrogen-bond donors (Lipinski definition) is 2. The fraction of sp³-hybridized carbons (Fsp3) is 0.161. The Kier molecular flexibility index (Phi) is 8.97. The van der Waals surface area contributed by atoms with E-state index >= 15 is 0 Å². The summed E-state index contributed by atoms with van der Waals surface area (Å²) in [5, 5.41) is 22.8. The Hall–Kier alpha value is -4.61. The van der Waals surface area contributed by atoms with Crippen molar-refractivity contribution in [1.82, 2.24) is 10.3 Å². The molecule has 0 bridgehead atoms. The lowest BCUT2D eigenvalue weighted by molar-refractivity contribution is -0.144. The van der Waals surface area contributed by atoms with E-state index in [0.29, 0.717) is 16.3 Å². The van der Waals surface area contributed by atoms with Crippen molar-refractivity contribution in [2.45, 2.75) is 24.4 Å². The first-order chi connectivity index (χ1) is 18.9. The maximum Gasteiger partial charge on any atom is 0.328 e. The highest BCUT2D eigenvalue weighted by atomic mass is 32.2. The third-order valence-electron chi connectivity index (χ3n) is 6.07. The molecule has 1 aromatic heterocycles. The van der Waals surface area contributed by atoms with Gasteiger partial charge >= 0.3 is 5.97 Å². The third kappa shape index (κ3) is 7.03. The molecule has 0 aliphatic rings. The number of amides is 1. The van der Waals surface area contributed by atoms with E-state index < -0.39 is 17.9 Å². The summed E-state index contributed by atoms with van der Waals surface area (Å²) in [5.41, 5.74) is 5.42. The lowest BCUT2D eigenvalue weighted by Crippen LogP contribution is -2.43. The van der Waals surface area contributed by atoms with E-state index in [2.05, 4.69) is 11.4 Å². The largest absolute Gasteiger partial charge is 0.508 e. The van der Waals surface area contributed by atoms with E-state index in [-0.39, 0.29) is 17.9 Å². The van der Waals surface area contributed by atoms with Crippen molar-refractivity contribution in [3.05, 3.63) is 102 Å². The maximum absolute atomic E-state index is 12.9. The molecule has 0 radical (unpaired) electrons. The Balaban J connectivity index is 1.60. The van der Waals surface area contributed by atoms with Crippen LogP contribution in [-0.2, 0) is 20.7 Å². The maximum atomic E-state index is 12.9. The van der Waals surface area contributed by atoms with Crippen molar-refractivity contribution < 1.29 is 19.4 Å². The van der Waals surface area contributed by atoms with Gasteiger partial charge in [0.05, 0.1) is 24.1 Å². The predicted molar refractivity (Wildman–Crippen MR) is 151 cm³/mol. The molecule has 0 spiro atoms. The number of aryl methyl sites for hydroxylation is 1. The van der Waals surface area contributed by atoms with Crippen LogP contribution >= 0.6 is 11.8 Å². The highest BCUT2D eigenvalue weighted by Crippen LogP contribution is 2.34. The molecule has 3 aromatic carbocycles. The van der Waals surface area contributed by atoms with Gasteiger partial charge in [-0.1, -0.05) is 84.1 Å². The molecule has 0 fully saturated rings. The molecule has 39 heavy (non-hydrogen) atoms. The predicted octanol–water partition coefficient (Wildman–Crippen LogP) is 5.29. The summed E-state index contributed by atoms with van der Waals surface area (Å²) in [5.74, 6) is -0.930. The first-order valence-corrected chi connectivity index (χ1v) is 13.2. The van der Waals surface area contributed by atoms with Crippen molar-refractivity contribution >= 4 is 23.6 Å². The molecule has 196 valence electrons. The van der Waals surface area contributed by atoms with Crippen LogP contribution < -0.4 is 5.32 Å². The second-order valence-electron chi connectivity index (χ2n) is 8.88. The van der Waals surface area contributed by atoms with Crippen LogP contribution in [0.15, 0.2) is 90.0 Å². The average Bonchev–Trinajstić information content (AvgIpc) is 2.96. The molecule has 0 saturated carbocycles. The molecule has 8 heteroatoms. The third-order valence-corrected chi connectivity index (χ3v) is 7.04. The van der Waals surface area contributed by atoms with Crippen molar-refractivity contribution in [2.24, 2.45) is 0 Å². The Labute approximate surface area is 231 Å². The lowest BCUT2D eigenvalue weighted by Gasteiger charge is -2.17. The summed E-state index contributed by atoms with van der Waals surface area (Å²) < 4.78 is 4.88. The second-order valence-corrected chi connectivity index (χ2v) is 9.85. The van der Waals surface area contributed by atoms with E-state index in [9.17, 15) is 20.0 Å². The van der Waals surface area contributed by atoms with Crippen LogP contribution in [0.5, 0.6) is 5.75 Å². The van der Waals surface area contributed by atoms with E-state index in [1.54, 1.807) is 12.1 Å². The van der Waals surface area contributed by atoms with Gasteiger partial charge < -0.3 is 15.2 Å². The minimum absolute atomic E-state index is 0.0592. The highest BCUT2D eigenvalue weighted by Gasteiger charge is 2.23. The molecule has 1 amide bonds. The Morgan fingerprint density at radius 2 is 1.72 bits per heavy atom. The number of pyridine rings is 1. The van der Waals surface area contributed by atoms with Gasteiger partial charge in [0.25, 0.3) is 0 Å². The van der Waals surface area contributed by atoms with Crippen LogP contribution in [0.25, 0.3) is 22.4 Å². The number of carbonyl (C=O) groups excluding carboxylic acids is 2. The van der Waals surface area contributed by atoms with E-state index in [0.717, 1.165) is 39.6 Å². The standard InChI is InChI=1S/C31H27N3O4S/c1-20-8-12-22(13-9-20)25-17-27(23-6-4-3-5-7-23)34-30(26(25)18-32)39-19-29(36)33-28(31(37)38-2)16-21-10-14-24(35)15-11-21/h3-15,17,28,35H,16,19H2,1-2H3,(H,33,36)/t28-/m0/s1. The molecular formula is C31H27N3O4S. The van der Waals surface area contributed by atoms with Crippen LogP contribution in [0.4, 0.5) is 0 Å². The quantitative estimate of drug-likeness (QED) is 0.220. The molecule has 0 saturated heterocycles. The number of rotatable bonds is 9. The smallest absolute Gasteiger partial charge is 0.328 e.